The Morgan fingerprint density at radius 3 is 2.52 bits per heavy atom. The molecular formula is C17H17NO4S. The number of nitrogens with zero attached hydrogens (tertiary/aromatic N) is 1. The second-order valence-electron chi connectivity index (χ2n) is 5.59. The van der Waals surface area contributed by atoms with E-state index >= 15 is 0 Å². The van der Waals surface area contributed by atoms with E-state index in [-0.39, 0.29) is 23.5 Å². The third kappa shape index (κ3) is 3.37. The van der Waals surface area contributed by atoms with E-state index in [2.05, 4.69) is 0 Å². The van der Waals surface area contributed by atoms with Crippen LogP contribution in [-0.4, -0.2) is 41.1 Å². The van der Waals surface area contributed by atoms with Gasteiger partial charge in [-0.25, -0.2) is 4.79 Å². The first-order valence-corrected chi connectivity index (χ1v) is 8.30. The predicted molar refractivity (Wildman–Crippen MR) is 87.1 cm³/mol. The van der Waals surface area contributed by atoms with Gasteiger partial charge in [-0.3, -0.25) is 4.79 Å². The number of carbonyl (C=O) groups excluding carboxylic acids is 1. The zero-order valence-corrected chi connectivity index (χ0v) is 13.5. The Kier molecular flexibility index (Phi) is 4.34. The Hall–Kier alpha value is -2.34. The lowest BCUT2D eigenvalue weighted by Crippen LogP contribution is -2.57. The molecule has 120 valence electrons. The van der Waals surface area contributed by atoms with Gasteiger partial charge in [0.05, 0.1) is 24.6 Å². The van der Waals surface area contributed by atoms with Crippen molar-refractivity contribution in [2.45, 2.75) is 18.9 Å². The molecule has 2 aromatic rings. The number of ether oxygens (including phenoxy) is 1. The molecule has 1 aromatic carbocycles. The zero-order chi connectivity index (χ0) is 16.4. The van der Waals surface area contributed by atoms with Crippen molar-refractivity contribution in [1.82, 2.24) is 4.90 Å². The number of thiophene rings is 1. The Morgan fingerprint density at radius 1 is 1.26 bits per heavy atom. The Labute approximate surface area is 138 Å². The molecule has 6 heteroatoms. The number of benzene rings is 1. The summed E-state index contributed by atoms with van der Waals surface area (Å²) in [6, 6.07) is 8.28. The van der Waals surface area contributed by atoms with Gasteiger partial charge in [-0.2, -0.15) is 11.3 Å². The van der Waals surface area contributed by atoms with Gasteiger partial charge in [0.1, 0.15) is 11.9 Å². The van der Waals surface area contributed by atoms with Crippen molar-refractivity contribution >= 4 is 23.2 Å². The van der Waals surface area contributed by atoms with Crippen molar-refractivity contribution in [2.75, 3.05) is 13.1 Å². The number of carboxylic acids is 1. The molecule has 1 saturated heterocycles. The van der Waals surface area contributed by atoms with Gasteiger partial charge in [0, 0.05) is 0 Å². The number of carboxylic acid groups (broad SMARTS) is 1. The monoisotopic (exact) mass is 331 g/mol. The number of hydrogen-bond acceptors (Lipinski definition) is 4. The first-order chi connectivity index (χ1) is 11.0. The molecule has 3 rings (SSSR count). The van der Waals surface area contributed by atoms with Gasteiger partial charge in [-0.15, -0.1) is 0 Å². The van der Waals surface area contributed by atoms with E-state index < -0.39 is 5.97 Å². The van der Waals surface area contributed by atoms with Gasteiger partial charge in [0.2, 0.25) is 5.91 Å². The van der Waals surface area contributed by atoms with Crippen molar-refractivity contribution in [2.24, 2.45) is 0 Å². The van der Waals surface area contributed by atoms with Crippen LogP contribution in [0.3, 0.4) is 0 Å². The fraction of sp³-hybridized carbons (Fsp3) is 0.294. The molecule has 1 amide bonds. The largest absolute Gasteiger partial charge is 0.487 e. The SMILES string of the molecule is CC(C(=O)N1CC(Oc2ccc(C(=O)O)cc2)C1)c1ccsc1. The van der Waals surface area contributed by atoms with E-state index in [4.69, 9.17) is 9.84 Å². The molecule has 1 unspecified atom stereocenters. The van der Waals surface area contributed by atoms with E-state index in [0.717, 1.165) is 5.56 Å². The van der Waals surface area contributed by atoms with Crippen molar-refractivity contribution in [3.63, 3.8) is 0 Å². The predicted octanol–water partition coefficient (Wildman–Crippen LogP) is 2.84. The van der Waals surface area contributed by atoms with Crippen LogP contribution in [0.4, 0.5) is 0 Å². The van der Waals surface area contributed by atoms with E-state index in [1.165, 1.54) is 12.1 Å². The van der Waals surface area contributed by atoms with Gasteiger partial charge in [-0.05, 0) is 53.6 Å². The van der Waals surface area contributed by atoms with Crippen molar-refractivity contribution < 1.29 is 19.4 Å². The summed E-state index contributed by atoms with van der Waals surface area (Å²) in [6.07, 6.45) is -0.0377. The maximum absolute atomic E-state index is 12.4. The summed E-state index contributed by atoms with van der Waals surface area (Å²) in [7, 11) is 0. The standard InChI is InChI=1S/C17H17NO4S/c1-11(13-6-7-23-10-13)16(19)18-8-15(9-18)22-14-4-2-12(3-5-14)17(20)21/h2-7,10-11,15H,8-9H2,1H3,(H,20,21). The minimum Gasteiger partial charge on any atom is -0.487 e. The summed E-state index contributed by atoms with van der Waals surface area (Å²) in [4.78, 5) is 24.9. The average Bonchev–Trinajstić information content (AvgIpc) is 3.04. The topological polar surface area (TPSA) is 66.8 Å². The average molecular weight is 331 g/mol. The second-order valence-corrected chi connectivity index (χ2v) is 6.37. The highest BCUT2D eigenvalue weighted by Gasteiger charge is 2.34. The highest BCUT2D eigenvalue weighted by molar-refractivity contribution is 7.08. The Morgan fingerprint density at radius 2 is 1.96 bits per heavy atom. The quantitative estimate of drug-likeness (QED) is 0.915. The van der Waals surface area contributed by atoms with Crippen LogP contribution < -0.4 is 4.74 Å². The molecule has 5 nitrogen and oxygen atoms in total. The van der Waals surface area contributed by atoms with Crippen LogP contribution in [0, 0.1) is 0 Å². The minimum atomic E-state index is -0.959. The van der Waals surface area contributed by atoms with Gasteiger partial charge < -0.3 is 14.7 Å². The third-order valence-corrected chi connectivity index (χ3v) is 4.68. The van der Waals surface area contributed by atoms with Gasteiger partial charge in [0.25, 0.3) is 0 Å². The number of rotatable bonds is 5. The summed E-state index contributed by atoms with van der Waals surface area (Å²) >= 11 is 1.59. The molecule has 0 radical (unpaired) electrons. The lowest BCUT2D eigenvalue weighted by atomic mass is 10.0. The second kappa shape index (κ2) is 6.42. The van der Waals surface area contributed by atoms with Crippen LogP contribution >= 0.6 is 11.3 Å². The zero-order valence-electron chi connectivity index (χ0n) is 12.6. The maximum atomic E-state index is 12.4. The summed E-state index contributed by atoms with van der Waals surface area (Å²) in [5.41, 5.74) is 1.28. The van der Waals surface area contributed by atoms with Crippen LogP contribution in [0.15, 0.2) is 41.1 Å². The molecule has 1 atom stereocenters. The van der Waals surface area contributed by atoms with E-state index in [1.54, 1.807) is 28.4 Å². The molecule has 0 saturated carbocycles. The fourth-order valence-electron chi connectivity index (χ4n) is 2.50. The van der Waals surface area contributed by atoms with Crippen molar-refractivity contribution in [1.29, 1.82) is 0 Å². The molecule has 2 heterocycles. The highest BCUT2D eigenvalue weighted by atomic mass is 32.1. The van der Waals surface area contributed by atoms with Crippen LogP contribution in [0.5, 0.6) is 5.75 Å². The number of likely N-dealkylation sites (tertiary alicyclic amines) is 1. The third-order valence-electron chi connectivity index (χ3n) is 3.98. The molecule has 0 spiro atoms. The number of amides is 1. The van der Waals surface area contributed by atoms with Gasteiger partial charge in [-0.1, -0.05) is 0 Å². The molecule has 0 aliphatic carbocycles. The lowest BCUT2D eigenvalue weighted by Gasteiger charge is -2.40. The van der Waals surface area contributed by atoms with E-state index in [9.17, 15) is 9.59 Å². The molecule has 1 N–H and O–H groups in total. The minimum absolute atomic E-state index is 0.0377. The lowest BCUT2D eigenvalue weighted by molar-refractivity contribution is -0.141. The van der Waals surface area contributed by atoms with Crippen LogP contribution in [0.1, 0.15) is 28.8 Å². The van der Waals surface area contributed by atoms with Crippen LogP contribution in [0.25, 0.3) is 0 Å². The Bertz CT molecular complexity index is 690. The molecule has 0 bridgehead atoms. The summed E-state index contributed by atoms with van der Waals surface area (Å²) in [6.45, 7) is 3.05. The van der Waals surface area contributed by atoms with Crippen molar-refractivity contribution in [3.8, 4) is 5.75 Å². The highest BCUT2D eigenvalue weighted by Crippen LogP contribution is 2.25. The number of aromatic carboxylic acids is 1. The van der Waals surface area contributed by atoms with Crippen LogP contribution in [0.2, 0.25) is 0 Å². The first kappa shape index (κ1) is 15.6. The molecule has 1 fully saturated rings. The van der Waals surface area contributed by atoms with Gasteiger partial charge >= 0.3 is 5.97 Å². The molecule has 1 aromatic heterocycles. The molecule has 1 aliphatic heterocycles. The van der Waals surface area contributed by atoms with Crippen LogP contribution in [-0.2, 0) is 4.79 Å². The molecule has 23 heavy (non-hydrogen) atoms. The molecule has 1 aliphatic rings. The molecular weight excluding hydrogens is 314 g/mol. The Balaban J connectivity index is 1.51. The first-order valence-electron chi connectivity index (χ1n) is 7.35. The van der Waals surface area contributed by atoms with Crippen molar-refractivity contribution in [3.05, 3.63) is 52.2 Å². The normalized spacial score (nSPS) is 15.8. The summed E-state index contributed by atoms with van der Waals surface area (Å²) < 4.78 is 5.75. The number of carbonyl (C=O) groups is 2. The maximum Gasteiger partial charge on any atom is 0.335 e. The smallest absolute Gasteiger partial charge is 0.335 e. The summed E-state index contributed by atoms with van der Waals surface area (Å²) in [5.74, 6) is -0.348. The number of hydrogen-bond donors (Lipinski definition) is 1. The summed E-state index contributed by atoms with van der Waals surface area (Å²) in [5, 5.41) is 12.8. The van der Waals surface area contributed by atoms with Gasteiger partial charge in [0.15, 0.2) is 0 Å². The van der Waals surface area contributed by atoms with E-state index in [1.807, 2.05) is 23.8 Å². The van der Waals surface area contributed by atoms with E-state index in [0.29, 0.717) is 18.8 Å². The fourth-order valence-corrected chi connectivity index (χ4v) is 3.25.